The molecule has 2 aromatic carbocycles. The molecular weight excluding hydrogens is 378 g/mol. The summed E-state index contributed by atoms with van der Waals surface area (Å²) >= 11 is 0. The van der Waals surface area contributed by atoms with E-state index >= 15 is 0 Å². The largest absolute Gasteiger partial charge is 0.467 e. The molecule has 29 heavy (non-hydrogen) atoms. The highest BCUT2D eigenvalue weighted by Crippen LogP contribution is 2.36. The average Bonchev–Trinajstić information content (AvgIpc) is 2.92. The van der Waals surface area contributed by atoms with Crippen LogP contribution in [0.1, 0.15) is 29.2 Å². The molecule has 4 rings (SSSR count). The van der Waals surface area contributed by atoms with Crippen LogP contribution >= 0.6 is 0 Å². The van der Waals surface area contributed by atoms with Crippen LogP contribution in [0.3, 0.4) is 0 Å². The van der Waals surface area contributed by atoms with Crippen LogP contribution in [0.2, 0.25) is 0 Å². The Balaban J connectivity index is 1.69. The van der Waals surface area contributed by atoms with E-state index in [1.807, 2.05) is 19.1 Å². The van der Waals surface area contributed by atoms with Gasteiger partial charge in [-0.3, -0.25) is 19.8 Å². The van der Waals surface area contributed by atoms with Crippen molar-refractivity contribution >= 4 is 17.6 Å². The minimum absolute atomic E-state index is 0.000957. The summed E-state index contributed by atoms with van der Waals surface area (Å²) in [7, 11) is 0. The number of carbonyl (C=O) groups is 2. The second kappa shape index (κ2) is 6.85. The SMILES string of the molecule is Cc1ccc([C@]2(C)NC(=O)N(Cc3cc([N+](=O)[O-])cc4c3OCOC4)C2=O)cc1. The van der Waals surface area contributed by atoms with Gasteiger partial charge in [0.05, 0.1) is 18.1 Å². The summed E-state index contributed by atoms with van der Waals surface area (Å²) in [6, 6.07) is 9.47. The number of hydrogen-bond acceptors (Lipinski definition) is 6. The lowest BCUT2D eigenvalue weighted by Crippen LogP contribution is -2.40. The number of imide groups is 1. The van der Waals surface area contributed by atoms with E-state index in [0.29, 0.717) is 22.4 Å². The molecule has 9 heteroatoms. The molecule has 1 saturated heterocycles. The van der Waals surface area contributed by atoms with E-state index in [0.717, 1.165) is 10.5 Å². The maximum Gasteiger partial charge on any atom is 0.325 e. The van der Waals surface area contributed by atoms with Crippen molar-refractivity contribution in [2.75, 3.05) is 6.79 Å². The molecule has 3 amide bonds. The normalized spacial score (nSPS) is 20.8. The number of aryl methyl sites for hydroxylation is 1. The van der Waals surface area contributed by atoms with Gasteiger partial charge in [-0.05, 0) is 19.4 Å². The van der Waals surface area contributed by atoms with Crippen LogP contribution in [-0.4, -0.2) is 28.6 Å². The number of urea groups is 1. The number of benzene rings is 2. The van der Waals surface area contributed by atoms with Crippen LogP contribution in [0.4, 0.5) is 10.5 Å². The Bertz CT molecular complexity index is 1020. The first kappa shape index (κ1) is 18.9. The Morgan fingerprint density at radius 1 is 1.24 bits per heavy atom. The lowest BCUT2D eigenvalue weighted by atomic mass is 9.91. The molecule has 0 spiro atoms. The van der Waals surface area contributed by atoms with Crippen molar-refractivity contribution in [3.63, 3.8) is 0 Å². The quantitative estimate of drug-likeness (QED) is 0.482. The zero-order chi connectivity index (χ0) is 20.8. The third-order valence-electron chi connectivity index (χ3n) is 5.21. The van der Waals surface area contributed by atoms with Crippen molar-refractivity contribution in [3.05, 3.63) is 68.8 Å². The molecule has 2 aliphatic rings. The number of rotatable bonds is 4. The summed E-state index contributed by atoms with van der Waals surface area (Å²) in [4.78, 5) is 37.6. The molecule has 1 N–H and O–H groups in total. The topological polar surface area (TPSA) is 111 Å². The molecule has 0 aromatic heterocycles. The van der Waals surface area contributed by atoms with Crippen molar-refractivity contribution in [3.8, 4) is 5.75 Å². The minimum atomic E-state index is -1.21. The monoisotopic (exact) mass is 397 g/mol. The number of hydrogen-bond donors (Lipinski definition) is 1. The Labute approximate surface area is 166 Å². The van der Waals surface area contributed by atoms with Gasteiger partial charge in [0.25, 0.3) is 11.6 Å². The highest BCUT2D eigenvalue weighted by atomic mass is 16.7. The Kier molecular flexibility index (Phi) is 4.46. The van der Waals surface area contributed by atoms with Crippen LogP contribution < -0.4 is 10.1 Å². The van der Waals surface area contributed by atoms with Crippen molar-refractivity contribution in [2.45, 2.75) is 32.5 Å². The maximum atomic E-state index is 13.2. The summed E-state index contributed by atoms with van der Waals surface area (Å²) in [6.07, 6.45) is 0. The van der Waals surface area contributed by atoms with E-state index in [1.54, 1.807) is 19.1 Å². The molecule has 1 atom stereocenters. The fraction of sp³-hybridized carbons (Fsp3) is 0.300. The number of nitrogens with zero attached hydrogens (tertiary/aromatic N) is 2. The first-order valence-electron chi connectivity index (χ1n) is 9.01. The van der Waals surface area contributed by atoms with Gasteiger partial charge in [-0.25, -0.2) is 4.79 Å². The number of amides is 3. The second-order valence-electron chi connectivity index (χ2n) is 7.27. The molecule has 2 heterocycles. The summed E-state index contributed by atoms with van der Waals surface area (Å²) in [5.41, 5.74) is 1.22. The van der Waals surface area contributed by atoms with Crippen molar-refractivity contribution in [1.82, 2.24) is 10.2 Å². The van der Waals surface area contributed by atoms with E-state index in [9.17, 15) is 19.7 Å². The molecule has 0 aliphatic carbocycles. The van der Waals surface area contributed by atoms with Gasteiger partial charge in [0.1, 0.15) is 11.3 Å². The number of carbonyl (C=O) groups excluding carboxylic acids is 2. The summed E-state index contributed by atoms with van der Waals surface area (Å²) in [6.45, 7) is 3.59. The smallest absolute Gasteiger partial charge is 0.325 e. The van der Waals surface area contributed by atoms with Gasteiger partial charge in [-0.2, -0.15) is 0 Å². The molecule has 0 saturated carbocycles. The minimum Gasteiger partial charge on any atom is -0.467 e. The van der Waals surface area contributed by atoms with E-state index in [2.05, 4.69) is 5.32 Å². The summed E-state index contributed by atoms with van der Waals surface area (Å²) in [5.74, 6) is -0.0231. The molecular formula is C20H19N3O6. The van der Waals surface area contributed by atoms with Gasteiger partial charge in [0.15, 0.2) is 6.79 Å². The van der Waals surface area contributed by atoms with Gasteiger partial charge in [-0.1, -0.05) is 29.8 Å². The standard InChI is InChI=1S/C20H19N3O6/c1-12-3-5-15(6-4-12)20(2)18(24)22(19(25)21-20)9-13-7-16(23(26)27)8-14-10-28-11-29-17(13)14/h3-8H,9-11H2,1-2H3,(H,21,25)/t20-/m0/s1. The van der Waals surface area contributed by atoms with Crippen LogP contribution in [0.5, 0.6) is 5.75 Å². The van der Waals surface area contributed by atoms with Gasteiger partial charge in [0, 0.05) is 23.3 Å². The van der Waals surface area contributed by atoms with E-state index in [4.69, 9.17) is 9.47 Å². The highest BCUT2D eigenvalue weighted by Gasteiger charge is 2.49. The number of fused-ring (bicyclic) bond motifs is 1. The number of non-ortho nitro benzene ring substituents is 1. The van der Waals surface area contributed by atoms with Crippen molar-refractivity contribution in [1.29, 1.82) is 0 Å². The second-order valence-corrected chi connectivity index (χ2v) is 7.27. The first-order valence-corrected chi connectivity index (χ1v) is 9.01. The molecule has 2 aliphatic heterocycles. The number of nitro benzene ring substituents is 1. The Morgan fingerprint density at radius 3 is 2.66 bits per heavy atom. The maximum absolute atomic E-state index is 13.2. The number of nitro groups is 1. The Hall–Kier alpha value is -3.46. The van der Waals surface area contributed by atoms with E-state index < -0.39 is 22.4 Å². The highest BCUT2D eigenvalue weighted by molar-refractivity contribution is 6.07. The fourth-order valence-corrected chi connectivity index (χ4v) is 3.60. The lowest BCUT2D eigenvalue weighted by molar-refractivity contribution is -0.385. The third-order valence-corrected chi connectivity index (χ3v) is 5.21. The summed E-state index contributed by atoms with van der Waals surface area (Å²) in [5, 5.41) is 14.0. The van der Waals surface area contributed by atoms with Crippen LogP contribution in [-0.2, 0) is 28.2 Å². The zero-order valence-electron chi connectivity index (χ0n) is 15.9. The van der Waals surface area contributed by atoms with E-state index in [-0.39, 0.29) is 25.6 Å². The van der Waals surface area contributed by atoms with Crippen LogP contribution in [0, 0.1) is 17.0 Å². The van der Waals surface area contributed by atoms with Crippen molar-refractivity contribution < 1.29 is 24.0 Å². The molecule has 1 fully saturated rings. The number of ether oxygens (including phenoxy) is 2. The van der Waals surface area contributed by atoms with Crippen LogP contribution in [0.15, 0.2) is 36.4 Å². The number of nitrogens with one attached hydrogen (secondary N) is 1. The van der Waals surface area contributed by atoms with Gasteiger partial charge in [-0.15, -0.1) is 0 Å². The van der Waals surface area contributed by atoms with Crippen molar-refractivity contribution in [2.24, 2.45) is 0 Å². The van der Waals surface area contributed by atoms with Gasteiger partial charge in [0.2, 0.25) is 0 Å². The van der Waals surface area contributed by atoms with Gasteiger partial charge >= 0.3 is 6.03 Å². The molecule has 0 radical (unpaired) electrons. The molecule has 2 aromatic rings. The third kappa shape index (κ3) is 3.19. The summed E-state index contributed by atoms with van der Waals surface area (Å²) < 4.78 is 10.7. The van der Waals surface area contributed by atoms with Crippen LogP contribution in [0.25, 0.3) is 0 Å². The lowest BCUT2D eigenvalue weighted by Gasteiger charge is -2.24. The zero-order valence-corrected chi connectivity index (χ0v) is 15.9. The predicted molar refractivity (Wildman–Crippen MR) is 101 cm³/mol. The molecule has 0 unspecified atom stereocenters. The molecule has 9 nitrogen and oxygen atoms in total. The fourth-order valence-electron chi connectivity index (χ4n) is 3.60. The van der Waals surface area contributed by atoms with E-state index in [1.165, 1.54) is 12.1 Å². The Morgan fingerprint density at radius 2 is 1.97 bits per heavy atom. The van der Waals surface area contributed by atoms with Gasteiger partial charge < -0.3 is 14.8 Å². The molecule has 0 bridgehead atoms. The average molecular weight is 397 g/mol. The first-order chi connectivity index (χ1) is 13.8. The predicted octanol–water partition coefficient (Wildman–Crippen LogP) is 2.74. The molecule has 150 valence electrons.